The third kappa shape index (κ3) is 6.15. The third-order valence-electron chi connectivity index (χ3n) is 3.97. The first-order valence-electron chi connectivity index (χ1n) is 9.73. The Kier molecular flexibility index (Phi) is 7.68. The molecule has 0 heterocycles. The van der Waals surface area contributed by atoms with Crippen LogP contribution >= 0.6 is 0 Å². The van der Waals surface area contributed by atoms with Crippen molar-refractivity contribution in [2.24, 2.45) is 0 Å². The lowest BCUT2D eigenvalue weighted by molar-refractivity contribution is 0.104. The highest BCUT2D eigenvalue weighted by molar-refractivity contribution is 6.07. The first-order chi connectivity index (χ1) is 13.3. The van der Waals surface area contributed by atoms with E-state index < -0.39 is 0 Å². The van der Waals surface area contributed by atoms with Crippen LogP contribution in [0.2, 0.25) is 0 Å². The molecular formula is C24H30O4. The van der Waals surface area contributed by atoms with Crippen LogP contribution in [0.3, 0.4) is 0 Å². The maximum absolute atomic E-state index is 12.5. The first kappa shape index (κ1) is 21.5. The molecule has 2 rings (SSSR count). The normalized spacial score (nSPS) is 11.3. The lowest BCUT2D eigenvalue weighted by Crippen LogP contribution is -2.09. The van der Waals surface area contributed by atoms with Gasteiger partial charge in [0.25, 0.3) is 0 Å². The van der Waals surface area contributed by atoms with Gasteiger partial charge >= 0.3 is 0 Å². The highest BCUT2D eigenvalue weighted by Gasteiger charge is 2.11. The van der Waals surface area contributed by atoms with E-state index in [0.29, 0.717) is 12.2 Å². The van der Waals surface area contributed by atoms with Gasteiger partial charge < -0.3 is 14.2 Å². The van der Waals surface area contributed by atoms with Crippen LogP contribution in [0.1, 0.15) is 56.1 Å². The molecule has 0 amide bonds. The van der Waals surface area contributed by atoms with Crippen molar-refractivity contribution in [2.45, 2.75) is 53.8 Å². The van der Waals surface area contributed by atoms with Crippen LogP contribution in [-0.2, 0) is 0 Å². The Morgan fingerprint density at radius 3 is 2.18 bits per heavy atom. The number of ether oxygens (including phenoxy) is 3. The summed E-state index contributed by atoms with van der Waals surface area (Å²) in [5.41, 5.74) is 2.49. The van der Waals surface area contributed by atoms with E-state index in [4.69, 9.17) is 14.2 Å². The van der Waals surface area contributed by atoms with Crippen molar-refractivity contribution in [2.75, 3.05) is 6.61 Å². The summed E-state index contributed by atoms with van der Waals surface area (Å²) in [4.78, 5) is 12.5. The van der Waals surface area contributed by atoms with Crippen molar-refractivity contribution in [1.82, 2.24) is 0 Å². The van der Waals surface area contributed by atoms with Crippen LogP contribution in [0.5, 0.6) is 17.2 Å². The average molecular weight is 383 g/mol. The van der Waals surface area contributed by atoms with Gasteiger partial charge in [-0.25, -0.2) is 0 Å². The Morgan fingerprint density at radius 1 is 0.964 bits per heavy atom. The molecule has 0 saturated carbocycles. The second kappa shape index (κ2) is 9.98. The van der Waals surface area contributed by atoms with Crippen molar-refractivity contribution < 1.29 is 19.0 Å². The minimum absolute atomic E-state index is 0.0512. The van der Waals surface area contributed by atoms with Crippen molar-refractivity contribution in [3.8, 4) is 17.2 Å². The molecule has 0 atom stereocenters. The molecule has 0 aliphatic rings. The molecule has 2 aromatic carbocycles. The Labute approximate surface area is 168 Å². The van der Waals surface area contributed by atoms with Crippen LogP contribution in [0.4, 0.5) is 0 Å². The third-order valence-corrected chi connectivity index (χ3v) is 3.97. The minimum atomic E-state index is -0.0658. The second-order valence-electron chi connectivity index (χ2n) is 7.12. The summed E-state index contributed by atoms with van der Waals surface area (Å²) in [6, 6.07) is 11.0. The zero-order valence-corrected chi connectivity index (χ0v) is 17.6. The van der Waals surface area contributed by atoms with Crippen molar-refractivity contribution in [3.63, 3.8) is 0 Å². The zero-order valence-electron chi connectivity index (χ0n) is 17.6. The number of hydrogen-bond acceptors (Lipinski definition) is 4. The number of benzene rings is 2. The summed E-state index contributed by atoms with van der Waals surface area (Å²) in [7, 11) is 0. The van der Waals surface area contributed by atoms with E-state index >= 15 is 0 Å². The lowest BCUT2D eigenvalue weighted by Gasteiger charge is -2.17. The number of carbonyl (C=O) groups is 1. The van der Waals surface area contributed by atoms with Gasteiger partial charge in [0.2, 0.25) is 0 Å². The van der Waals surface area contributed by atoms with E-state index in [0.717, 1.165) is 28.4 Å². The van der Waals surface area contributed by atoms with Gasteiger partial charge in [0.15, 0.2) is 5.78 Å². The van der Waals surface area contributed by atoms with Gasteiger partial charge in [-0.15, -0.1) is 0 Å². The summed E-state index contributed by atoms with van der Waals surface area (Å²) in [6.07, 6.45) is 3.50. The molecule has 0 aromatic heterocycles. The van der Waals surface area contributed by atoms with E-state index in [9.17, 15) is 4.79 Å². The fourth-order valence-electron chi connectivity index (χ4n) is 2.72. The van der Waals surface area contributed by atoms with E-state index in [1.807, 2.05) is 71.9 Å². The van der Waals surface area contributed by atoms with Gasteiger partial charge in [-0.05, 0) is 89.1 Å². The van der Waals surface area contributed by atoms with Gasteiger partial charge in [0.1, 0.15) is 17.2 Å². The van der Waals surface area contributed by atoms with Gasteiger partial charge in [-0.3, -0.25) is 4.79 Å². The molecule has 0 aliphatic heterocycles. The molecular weight excluding hydrogens is 352 g/mol. The van der Waals surface area contributed by atoms with E-state index in [-0.39, 0.29) is 18.0 Å². The monoisotopic (exact) mass is 382 g/mol. The molecule has 28 heavy (non-hydrogen) atoms. The summed E-state index contributed by atoms with van der Waals surface area (Å²) in [5, 5.41) is 0. The van der Waals surface area contributed by atoms with Crippen molar-refractivity contribution >= 4 is 11.9 Å². The van der Waals surface area contributed by atoms with Crippen LogP contribution in [0.15, 0.2) is 42.5 Å². The second-order valence-corrected chi connectivity index (χ2v) is 7.12. The molecule has 0 saturated heterocycles. The van der Waals surface area contributed by atoms with Gasteiger partial charge in [-0.2, -0.15) is 0 Å². The van der Waals surface area contributed by atoms with Gasteiger partial charge in [-0.1, -0.05) is 6.08 Å². The molecule has 0 spiro atoms. The summed E-state index contributed by atoms with van der Waals surface area (Å²) < 4.78 is 17.2. The standard InChI is InChI=1S/C24H30O4/c1-7-26-21-11-8-19(9-12-21)23(25)13-10-20-14-22(27-16(2)3)15-24(18(20)6)28-17(4)5/h8-17H,7H2,1-6H3/b13-10+. The SMILES string of the molecule is CCOc1ccc(C(=O)/C=C/c2cc(OC(C)C)cc(OC(C)C)c2C)cc1. The molecule has 0 unspecified atom stereocenters. The Hall–Kier alpha value is -2.75. The van der Waals surface area contributed by atoms with Crippen LogP contribution in [-0.4, -0.2) is 24.6 Å². The Balaban J connectivity index is 2.28. The molecule has 150 valence electrons. The maximum atomic E-state index is 12.5. The average Bonchev–Trinajstić information content (AvgIpc) is 2.63. The molecule has 0 N–H and O–H groups in total. The molecule has 0 radical (unpaired) electrons. The molecule has 0 bridgehead atoms. The van der Waals surface area contributed by atoms with Crippen LogP contribution in [0.25, 0.3) is 6.08 Å². The molecule has 0 fully saturated rings. The smallest absolute Gasteiger partial charge is 0.185 e. The van der Waals surface area contributed by atoms with E-state index in [2.05, 4.69) is 0 Å². The topological polar surface area (TPSA) is 44.8 Å². The maximum Gasteiger partial charge on any atom is 0.185 e. The van der Waals surface area contributed by atoms with E-state index in [1.54, 1.807) is 18.2 Å². The fraction of sp³-hybridized carbons (Fsp3) is 0.375. The van der Waals surface area contributed by atoms with Crippen LogP contribution < -0.4 is 14.2 Å². The molecule has 0 aliphatic carbocycles. The summed E-state index contributed by atoms with van der Waals surface area (Å²) in [6.45, 7) is 12.4. The largest absolute Gasteiger partial charge is 0.494 e. The number of ketones is 1. The Bertz CT molecular complexity index is 817. The summed E-state index contributed by atoms with van der Waals surface area (Å²) in [5.74, 6) is 2.18. The number of carbonyl (C=O) groups excluding carboxylic acids is 1. The molecule has 4 heteroatoms. The number of rotatable bonds is 9. The van der Waals surface area contributed by atoms with Gasteiger partial charge in [0, 0.05) is 11.6 Å². The minimum Gasteiger partial charge on any atom is -0.494 e. The van der Waals surface area contributed by atoms with Crippen molar-refractivity contribution in [1.29, 1.82) is 0 Å². The number of hydrogen-bond donors (Lipinski definition) is 0. The van der Waals surface area contributed by atoms with Crippen LogP contribution in [0, 0.1) is 6.92 Å². The Morgan fingerprint density at radius 2 is 1.61 bits per heavy atom. The highest BCUT2D eigenvalue weighted by atomic mass is 16.5. The zero-order chi connectivity index (χ0) is 20.7. The van der Waals surface area contributed by atoms with Gasteiger partial charge in [0.05, 0.1) is 18.8 Å². The predicted octanol–water partition coefficient (Wildman–Crippen LogP) is 5.86. The summed E-state index contributed by atoms with van der Waals surface area (Å²) >= 11 is 0. The number of allylic oxidation sites excluding steroid dienone is 1. The lowest BCUT2D eigenvalue weighted by atomic mass is 10.0. The highest BCUT2D eigenvalue weighted by Crippen LogP contribution is 2.30. The van der Waals surface area contributed by atoms with E-state index in [1.165, 1.54) is 0 Å². The molecule has 4 nitrogen and oxygen atoms in total. The molecule has 2 aromatic rings. The predicted molar refractivity (Wildman–Crippen MR) is 114 cm³/mol. The first-order valence-corrected chi connectivity index (χ1v) is 9.73. The van der Waals surface area contributed by atoms with Crippen molar-refractivity contribution in [3.05, 3.63) is 59.2 Å². The fourth-order valence-corrected chi connectivity index (χ4v) is 2.72. The quantitative estimate of drug-likeness (QED) is 0.402.